The van der Waals surface area contributed by atoms with Crippen LogP contribution in [-0.2, 0) is 0 Å². The molecule has 1 unspecified atom stereocenters. The molecule has 1 atom stereocenters. The third-order valence-corrected chi connectivity index (χ3v) is 4.46. The van der Waals surface area contributed by atoms with E-state index in [4.69, 9.17) is 4.74 Å². The molecule has 2 rings (SSSR count). The van der Waals surface area contributed by atoms with Gasteiger partial charge in [-0.15, -0.1) is 0 Å². The quantitative estimate of drug-likeness (QED) is 0.797. The fraction of sp³-hybridized carbons (Fsp3) is 0.647. The highest BCUT2D eigenvalue weighted by atomic mass is 79.9. The fourth-order valence-corrected chi connectivity index (χ4v) is 3.18. The van der Waals surface area contributed by atoms with Crippen molar-refractivity contribution in [1.82, 2.24) is 5.32 Å². The SMILES string of the molecule is CC(CNC1CCCC1)Oc1ccc(Br)cc1C(C)C. The lowest BCUT2D eigenvalue weighted by Crippen LogP contribution is -2.35. The number of hydrogen-bond donors (Lipinski definition) is 1. The molecule has 3 heteroatoms. The highest BCUT2D eigenvalue weighted by Crippen LogP contribution is 2.30. The van der Waals surface area contributed by atoms with Crippen LogP contribution in [0.5, 0.6) is 5.75 Å². The van der Waals surface area contributed by atoms with E-state index in [1.165, 1.54) is 31.2 Å². The molecular weight excluding hydrogens is 314 g/mol. The Morgan fingerprint density at radius 2 is 1.95 bits per heavy atom. The van der Waals surface area contributed by atoms with Gasteiger partial charge in [-0.1, -0.05) is 42.6 Å². The topological polar surface area (TPSA) is 21.3 Å². The molecule has 1 N–H and O–H groups in total. The molecule has 1 aromatic carbocycles. The first kappa shape index (κ1) is 15.8. The molecule has 112 valence electrons. The van der Waals surface area contributed by atoms with E-state index < -0.39 is 0 Å². The van der Waals surface area contributed by atoms with Crippen LogP contribution in [0.4, 0.5) is 0 Å². The Kier molecular flexibility index (Phi) is 5.91. The predicted octanol–water partition coefficient (Wildman–Crippen LogP) is 4.87. The van der Waals surface area contributed by atoms with Crippen molar-refractivity contribution in [3.05, 3.63) is 28.2 Å². The summed E-state index contributed by atoms with van der Waals surface area (Å²) < 4.78 is 7.25. The Hall–Kier alpha value is -0.540. The van der Waals surface area contributed by atoms with Crippen molar-refractivity contribution >= 4 is 15.9 Å². The van der Waals surface area contributed by atoms with Crippen LogP contribution in [0, 0.1) is 0 Å². The Bertz CT molecular complexity index is 427. The number of nitrogens with one attached hydrogen (secondary N) is 1. The summed E-state index contributed by atoms with van der Waals surface area (Å²) in [5.41, 5.74) is 1.27. The number of benzene rings is 1. The maximum Gasteiger partial charge on any atom is 0.123 e. The van der Waals surface area contributed by atoms with Crippen LogP contribution in [0.25, 0.3) is 0 Å². The molecule has 1 aromatic rings. The summed E-state index contributed by atoms with van der Waals surface area (Å²) in [5, 5.41) is 3.63. The first-order valence-electron chi connectivity index (χ1n) is 7.75. The van der Waals surface area contributed by atoms with Crippen molar-refractivity contribution in [2.45, 2.75) is 64.5 Å². The highest BCUT2D eigenvalue weighted by Gasteiger charge is 2.16. The van der Waals surface area contributed by atoms with Crippen LogP contribution in [0.2, 0.25) is 0 Å². The van der Waals surface area contributed by atoms with E-state index in [0.29, 0.717) is 12.0 Å². The van der Waals surface area contributed by atoms with Crippen LogP contribution >= 0.6 is 15.9 Å². The summed E-state index contributed by atoms with van der Waals surface area (Å²) in [7, 11) is 0. The average Bonchev–Trinajstić information content (AvgIpc) is 2.91. The van der Waals surface area contributed by atoms with E-state index in [1.54, 1.807) is 0 Å². The zero-order valence-corrected chi connectivity index (χ0v) is 14.4. The van der Waals surface area contributed by atoms with Gasteiger partial charge in [0.2, 0.25) is 0 Å². The van der Waals surface area contributed by atoms with Crippen LogP contribution in [0.1, 0.15) is 57.9 Å². The lowest BCUT2D eigenvalue weighted by Gasteiger charge is -2.21. The maximum atomic E-state index is 6.14. The van der Waals surface area contributed by atoms with Crippen molar-refractivity contribution in [3.8, 4) is 5.75 Å². The van der Waals surface area contributed by atoms with Gasteiger partial charge in [0.05, 0.1) is 0 Å². The lowest BCUT2D eigenvalue weighted by molar-refractivity contribution is 0.209. The fourth-order valence-electron chi connectivity index (χ4n) is 2.80. The van der Waals surface area contributed by atoms with Crippen molar-refractivity contribution in [2.24, 2.45) is 0 Å². The summed E-state index contributed by atoms with van der Waals surface area (Å²) in [6.07, 6.45) is 5.59. The molecule has 1 aliphatic rings. The van der Waals surface area contributed by atoms with E-state index in [-0.39, 0.29) is 6.10 Å². The van der Waals surface area contributed by atoms with Gasteiger partial charge in [0, 0.05) is 17.1 Å². The molecule has 0 aliphatic heterocycles. The van der Waals surface area contributed by atoms with Crippen LogP contribution < -0.4 is 10.1 Å². The molecule has 0 radical (unpaired) electrons. The molecular formula is C17H26BrNO. The Morgan fingerprint density at radius 1 is 1.25 bits per heavy atom. The van der Waals surface area contributed by atoms with Crippen LogP contribution in [0.15, 0.2) is 22.7 Å². The molecule has 0 saturated heterocycles. The highest BCUT2D eigenvalue weighted by molar-refractivity contribution is 9.10. The molecule has 0 amide bonds. The van der Waals surface area contributed by atoms with Gasteiger partial charge in [-0.3, -0.25) is 0 Å². The Morgan fingerprint density at radius 3 is 2.60 bits per heavy atom. The van der Waals surface area contributed by atoms with Gasteiger partial charge in [-0.05, 0) is 49.4 Å². The molecule has 1 saturated carbocycles. The molecule has 0 heterocycles. The number of rotatable bonds is 6. The van der Waals surface area contributed by atoms with E-state index in [9.17, 15) is 0 Å². The largest absolute Gasteiger partial charge is 0.489 e. The van der Waals surface area contributed by atoms with E-state index in [2.05, 4.69) is 60.2 Å². The van der Waals surface area contributed by atoms with E-state index in [0.717, 1.165) is 16.8 Å². The molecule has 1 aliphatic carbocycles. The molecule has 0 spiro atoms. The second-order valence-electron chi connectivity index (χ2n) is 6.15. The first-order chi connectivity index (χ1) is 9.56. The number of ether oxygens (including phenoxy) is 1. The van der Waals surface area contributed by atoms with Gasteiger partial charge >= 0.3 is 0 Å². The smallest absolute Gasteiger partial charge is 0.123 e. The Labute approximate surface area is 131 Å². The molecule has 0 bridgehead atoms. The van der Waals surface area contributed by atoms with E-state index >= 15 is 0 Å². The molecule has 20 heavy (non-hydrogen) atoms. The third kappa shape index (κ3) is 4.49. The second-order valence-corrected chi connectivity index (χ2v) is 7.07. The summed E-state index contributed by atoms with van der Waals surface area (Å²) >= 11 is 3.54. The lowest BCUT2D eigenvalue weighted by atomic mass is 10.0. The van der Waals surface area contributed by atoms with Gasteiger partial charge in [0.15, 0.2) is 0 Å². The van der Waals surface area contributed by atoms with Crippen LogP contribution in [0.3, 0.4) is 0 Å². The molecule has 1 fully saturated rings. The first-order valence-corrected chi connectivity index (χ1v) is 8.55. The van der Waals surface area contributed by atoms with Gasteiger partial charge in [0.25, 0.3) is 0 Å². The van der Waals surface area contributed by atoms with Crippen molar-refractivity contribution in [2.75, 3.05) is 6.54 Å². The summed E-state index contributed by atoms with van der Waals surface area (Å²) in [6.45, 7) is 7.48. The summed E-state index contributed by atoms with van der Waals surface area (Å²) in [4.78, 5) is 0. The van der Waals surface area contributed by atoms with Crippen molar-refractivity contribution < 1.29 is 4.74 Å². The van der Waals surface area contributed by atoms with Crippen molar-refractivity contribution in [1.29, 1.82) is 0 Å². The Balaban J connectivity index is 1.91. The third-order valence-electron chi connectivity index (χ3n) is 3.97. The minimum Gasteiger partial charge on any atom is -0.489 e. The van der Waals surface area contributed by atoms with Crippen molar-refractivity contribution in [3.63, 3.8) is 0 Å². The number of halogens is 1. The minimum atomic E-state index is 0.203. The van der Waals surface area contributed by atoms with Gasteiger partial charge in [-0.25, -0.2) is 0 Å². The van der Waals surface area contributed by atoms with E-state index in [1.807, 2.05) is 0 Å². The van der Waals surface area contributed by atoms with Gasteiger partial charge in [-0.2, -0.15) is 0 Å². The van der Waals surface area contributed by atoms with Crippen LogP contribution in [-0.4, -0.2) is 18.7 Å². The zero-order valence-electron chi connectivity index (χ0n) is 12.8. The monoisotopic (exact) mass is 339 g/mol. The maximum absolute atomic E-state index is 6.14. The average molecular weight is 340 g/mol. The van der Waals surface area contributed by atoms with Gasteiger partial charge in [0.1, 0.15) is 11.9 Å². The predicted molar refractivity (Wildman–Crippen MR) is 88.6 cm³/mol. The molecule has 2 nitrogen and oxygen atoms in total. The van der Waals surface area contributed by atoms with Gasteiger partial charge < -0.3 is 10.1 Å². The summed E-state index contributed by atoms with van der Waals surface area (Å²) in [6, 6.07) is 7.00. The standard InChI is InChI=1S/C17H26BrNO/c1-12(2)16-10-14(18)8-9-17(16)20-13(3)11-19-15-6-4-5-7-15/h8-10,12-13,15,19H,4-7,11H2,1-3H3. The minimum absolute atomic E-state index is 0.203. The zero-order chi connectivity index (χ0) is 14.5. The normalized spacial score (nSPS) is 17.6. The number of hydrogen-bond acceptors (Lipinski definition) is 2. The summed E-state index contributed by atoms with van der Waals surface area (Å²) in [5.74, 6) is 1.49. The second kappa shape index (κ2) is 7.46. The molecule has 0 aromatic heterocycles.